The van der Waals surface area contributed by atoms with Gasteiger partial charge in [0.05, 0.1) is 5.92 Å². The number of nitrogens with one attached hydrogen (secondary N) is 1. The second-order valence-electron chi connectivity index (χ2n) is 6.14. The second-order valence-corrected chi connectivity index (χ2v) is 6.14. The molecule has 0 radical (unpaired) electrons. The van der Waals surface area contributed by atoms with Gasteiger partial charge in [-0.1, -0.05) is 11.3 Å². The molecule has 1 aliphatic heterocycles. The number of nitrogens with zero attached hydrogens (tertiary/aromatic N) is 6. The van der Waals surface area contributed by atoms with Crippen molar-refractivity contribution in [1.29, 1.82) is 0 Å². The molecule has 128 valence electrons. The van der Waals surface area contributed by atoms with Gasteiger partial charge in [0, 0.05) is 25.8 Å². The van der Waals surface area contributed by atoms with Crippen molar-refractivity contribution < 1.29 is 9.18 Å². The van der Waals surface area contributed by atoms with E-state index in [2.05, 4.69) is 25.6 Å². The van der Waals surface area contributed by atoms with Gasteiger partial charge in [0.15, 0.2) is 17.0 Å². The summed E-state index contributed by atoms with van der Waals surface area (Å²) in [6.45, 7) is 2.71. The van der Waals surface area contributed by atoms with Crippen molar-refractivity contribution in [3.05, 3.63) is 35.9 Å². The maximum atomic E-state index is 13.6. The molecule has 1 aromatic carbocycles. The fourth-order valence-electron chi connectivity index (χ4n) is 2.80. The van der Waals surface area contributed by atoms with E-state index < -0.39 is 0 Å². The third-order valence-electron chi connectivity index (χ3n) is 4.36. The van der Waals surface area contributed by atoms with Gasteiger partial charge in [-0.2, -0.15) is 0 Å². The molecule has 8 nitrogen and oxygen atoms in total. The molecule has 2 aromatic heterocycles. The molecule has 1 N–H and O–H groups in total. The number of hydrogen-bond acceptors (Lipinski definition) is 6. The van der Waals surface area contributed by atoms with Gasteiger partial charge in [-0.15, -0.1) is 5.10 Å². The first kappa shape index (κ1) is 15.4. The molecule has 1 amide bonds. The highest BCUT2D eigenvalue weighted by Crippen LogP contribution is 2.28. The number of amides is 1. The minimum atomic E-state index is -0.334. The van der Waals surface area contributed by atoms with Crippen LogP contribution in [0.25, 0.3) is 11.2 Å². The van der Waals surface area contributed by atoms with Crippen LogP contribution in [0, 0.1) is 18.7 Å². The number of anilines is 2. The number of benzene rings is 1. The van der Waals surface area contributed by atoms with Crippen LogP contribution in [-0.2, 0) is 11.8 Å². The molecule has 0 spiro atoms. The molecule has 3 heterocycles. The summed E-state index contributed by atoms with van der Waals surface area (Å²) in [5.41, 5.74) is 2.27. The molecule has 0 aliphatic carbocycles. The van der Waals surface area contributed by atoms with Crippen molar-refractivity contribution >= 4 is 28.6 Å². The van der Waals surface area contributed by atoms with Crippen LogP contribution in [0.4, 0.5) is 15.9 Å². The van der Waals surface area contributed by atoms with Crippen molar-refractivity contribution in [3.8, 4) is 0 Å². The van der Waals surface area contributed by atoms with Gasteiger partial charge in [0.2, 0.25) is 5.91 Å². The summed E-state index contributed by atoms with van der Waals surface area (Å²) in [7, 11) is 1.76. The van der Waals surface area contributed by atoms with Crippen molar-refractivity contribution in [2.45, 2.75) is 6.92 Å². The van der Waals surface area contributed by atoms with Crippen LogP contribution in [0.2, 0.25) is 0 Å². The molecule has 0 bridgehead atoms. The molecule has 9 heteroatoms. The lowest BCUT2D eigenvalue weighted by Gasteiger charge is -2.38. The molecule has 0 saturated carbocycles. The Kier molecular flexibility index (Phi) is 3.56. The SMILES string of the molecule is Cc1ccc(NC(=O)C2CN(c3ncnc4c3nnn4C)C2)cc1F. The van der Waals surface area contributed by atoms with Crippen LogP contribution in [0.15, 0.2) is 24.5 Å². The highest BCUT2D eigenvalue weighted by molar-refractivity contribution is 5.95. The summed E-state index contributed by atoms with van der Waals surface area (Å²) in [5.74, 6) is 0.0117. The number of hydrogen-bond donors (Lipinski definition) is 1. The highest BCUT2D eigenvalue weighted by atomic mass is 19.1. The van der Waals surface area contributed by atoms with Crippen LogP contribution in [0.3, 0.4) is 0 Å². The number of carbonyl (C=O) groups is 1. The summed E-state index contributed by atoms with van der Waals surface area (Å²) in [6, 6.07) is 4.67. The normalized spacial score (nSPS) is 14.6. The van der Waals surface area contributed by atoms with Crippen LogP contribution in [0.1, 0.15) is 5.56 Å². The Bertz CT molecular complexity index is 964. The van der Waals surface area contributed by atoms with Gasteiger partial charge >= 0.3 is 0 Å². The number of rotatable bonds is 3. The fraction of sp³-hybridized carbons (Fsp3) is 0.312. The van der Waals surface area contributed by atoms with Gasteiger partial charge in [-0.25, -0.2) is 19.0 Å². The molecule has 0 unspecified atom stereocenters. The third-order valence-corrected chi connectivity index (χ3v) is 4.36. The largest absolute Gasteiger partial charge is 0.353 e. The summed E-state index contributed by atoms with van der Waals surface area (Å²) in [5, 5.41) is 10.8. The molecule has 3 aromatic rings. The lowest BCUT2D eigenvalue weighted by molar-refractivity contribution is -0.120. The number of aryl methyl sites for hydroxylation is 2. The summed E-state index contributed by atoms with van der Waals surface area (Å²) >= 11 is 0. The lowest BCUT2D eigenvalue weighted by Crippen LogP contribution is -2.52. The Morgan fingerprint density at radius 3 is 2.88 bits per heavy atom. The average molecular weight is 341 g/mol. The quantitative estimate of drug-likeness (QED) is 0.772. The Morgan fingerprint density at radius 1 is 1.32 bits per heavy atom. The number of fused-ring (bicyclic) bond motifs is 1. The predicted molar refractivity (Wildman–Crippen MR) is 89.6 cm³/mol. The molecule has 4 rings (SSSR count). The Labute approximate surface area is 142 Å². The number of aromatic nitrogens is 5. The number of carbonyl (C=O) groups excluding carboxylic acids is 1. The van der Waals surface area contributed by atoms with Crippen molar-refractivity contribution in [3.63, 3.8) is 0 Å². The smallest absolute Gasteiger partial charge is 0.231 e. The average Bonchev–Trinajstić information content (AvgIpc) is 2.92. The maximum absolute atomic E-state index is 13.6. The van der Waals surface area contributed by atoms with E-state index in [1.165, 1.54) is 12.4 Å². The van der Waals surface area contributed by atoms with Gasteiger partial charge in [0.25, 0.3) is 0 Å². The third kappa shape index (κ3) is 2.67. The zero-order valence-corrected chi connectivity index (χ0v) is 13.8. The van der Waals surface area contributed by atoms with Gasteiger partial charge in [0.1, 0.15) is 12.1 Å². The first-order chi connectivity index (χ1) is 12.0. The molecule has 25 heavy (non-hydrogen) atoms. The molecule has 0 atom stereocenters. The maximum Gasteiger partial charge on any atom is 0.231 e. The molecular formula is C16H16FN7O. The Hall–Kier alpha value is -3.10. The highest BCUT2D eigenvalue weighted by Gasteiger charge is 2.35. The van der Waals surface area contributed by atoms with E-state index in [-0.39, 0.29) is 17.6 Å². The van der Waals surface area contributed by atoms with Crippen molar-refractivity contribution in [2.75, 3.05) is 23.3 Å². The first-order valence-corrected chi connectivity index (χ1v) is 7.85. The van der Waals surface area contributed by atoms with Gasteiger partial charge in [-0.05, 0) is 24.6 Å². The van der Waals surface area contributed by atoms with Crippen LogP contribution in [0.5, 0.6) is 0 Å². The van der Waals surface area contributed by atoms with Crippen molar-refractivity contribution in [1.82, 2.24) is 25.0 Å². The van der Waals surface area contributed by atoms with Crippen molar-refractivity contribution in [2.24, 2.45) is 13.0 Å². The van der Waals surface area contributed by atoms with Crippen LogP contribution in [-0.4, -0.2) is 44.0 Å². The minimum Gasteiger partial charge on any atom is -0.353 e. The minimum absolute atomic E-state index is 0.135. The summed E-state index contributed by atoms with van der Waals surface area (Å²) in [6.07, 6.45) is 1.46. The monoisotopic (exact) mass is 341 g/mol. The van der Waals surface area contributed by atoms with Crippen LogP contribution >= 0.6 is 0 Å². The van der Waals surface area contributed by atoms with Gasteiger partial charge in [-0.3, -0.25) is 4.79 Å². The summed E-state index contributed by atoms with van der Waals surface area (Å²) in [4.78, 5) is 22.7. The Balaban J connectivity index is 1.44. The van der Waals surface area contributed by atoms with E-state index in [9.17, 15) is 9.18 Å². The lowest BCUT2D eigenvalue weighted by atomic mass is 9.99. The summed E-state index contributed by atoms with van der Waals surface area (Å²) < 4.78 is 15.2. The van der Waals surface area contributed by atoms with E-state index in [1.54, 1.807) is 30.8 Å². The fourth-order valence-corrected chi connectivity index (χ4v) is 2.80. The van der Waals surface area contributed by atoms with E-state index in [4.69, 9.17) is 0 Å². The van der Waals surface area contributed by atoms with E-state index in [0.29, 0.717) is 41.3 Å². The van der Waals surface area contributed by atoms with E-state index in [0.717, 1.165) is 0 Å². The second kappa shape index (κ2) is 5.76. The predicted octanol–water partition coefficient (Wildman–Crippen LogP) is 1.28. The standard InChI is InChI=1S/C16H16FN7O/c1-9-3-4-11(5-12(9)17)20-16(25)10-6-24(7-10)15-13-14(18-8-19-15)23(2)22-21-13/h3-5,8,10H,6-7H2,1-2H3,(H,20,25). The first-order valence-electron chi connectivity index (χ1n) is 7.85. The molecule has 1 saturated heterocycles. The zero-order valence-electron chi connectivity index (χ0n) is 13.8. The van der Waals surface area contributed by atoms with Crippen LogP contribution < -0.4 is 10.2 Å². The zero-order chi connectivity index (χ0) is 17.6. The van der Waals surface area contributed by atoms with E-state index >= 15 is 0 Å². The molecule has 1 aliphatic rings. The Morgan fingerprint density at radius 2 is 2.12 bits per heavy atom. The molecular weight excluding hydrogens is 325 g/mol. The number of halogens is 1. The van der Waals surface area contributed by atoms with E-state index in [1.807, 2.05) is 4.90 Å². The van der Waals surface area contributed by atoms with Gasteiger partial charge < -0.3 is 10.2 Å². The molecule has 1 fully saturated rings. The topological polar surface area (TPSA) is 88.8 Å².